The van der Waals surface area contributed by atoms with Crippen molar-refractivity contribution in [2.45, 2.75) is 6.92 Å². The molecule has 22 heavy (non-hydrogen) atoms. The number of hydrogen-bond donors (Lipinski definition) is 1. The average Bonchev–Trinajstić information content (AvgIpc) is 3.13. The molecule has 1 aromatic carbocycles. The summed E-state index contributed by atoms with van der Waals surface area (Å²) in [6.07, 6.45) is 1.50. The number of nitrogens with zero attached hydrogens (tertiary/aromatic N) is 3. The molecule has 2 aromatic heterocycles. The smallest absolute Gasteiger partial charge is 0.342 e. The second-order valence-corrected chi connectivity index (χ2v) is 5.14. The standard InChI is InChI=1S/C15H13ClN4O2/c1-9-12(8-22-19-9)14-7-13(18-20(14)15(21)17-2)10-3-5-11(16)6-4-10/h3-8H,1-2H3,(H,17,21). The number of nitrogens with one attached hydrogen (secondary N) is 1. The summed E-state index contributed by atoms with van der Waals surface area (Å²) in [7, 11) is 1.55. The maximum Gasteiger partial charge on any atom is 0.342 e. The van der Waals surface area contributed by atoms with E-state index in [1.165, 1.54) is 10.9 Å². The summed E-state index contributed by atoms with van der Waals surface area (Å²) < 4.78 is 6.25. The molecule has 0 aliphatic heterocycles. The minimum absolute atomic E-state index is 0.337. The molecule has 6 nitrogen and oxygen atoms in total. The van der Waals surface area contributed by atoms with Crippen LogP contribution in [0.2, 0.25) is 5.02 Å². The van der Waals surface area contributed by atoms with Crippen molar-refractivity contribution in [2.24, 2.45) is 0 Å². The Morgan fingerprint density at radius 3 is 2.64 bits per heavy atom. The highest BCUT2D eigenvalue weighted by molar-refractivity contribution is 6.30. The predicted molar refractivity (Wildman–Crippen MR) is 82.8 cm³/mol. The van der Waals surface area contributed by atoms with Crippen LogP contribution >= 0.6 is 11.6 Å². The predicted octanol–water partition coefficient (Wildman–Crippen LogP) is 3.35. The van der Waals surface area contributed by atoms with Crippen LogP contribution in [0.5, 0.6) is 0 Å². The van der Waals surface area contributed by atoms with E-state index in [-0.39, 0.29) is 6.03 Å². The molecule has 1 N–H and O–H groups in total. The number of aryl methyl sites for hydroxylation is 1. The van der Waals surface area contributed by atoms with E-state index in [1.807, 2.05) is 25.1 Å². The second kappa shape index (κ2) is 5.65. The van der Waals surface area contributed by atoms with Crippen molar-refractivity contribution >= 4 is 17.6 Å². The van der Waals surface area contributed by atoms with Crippen LogP contribution in [0.3, 0.4) is 0 Å². The fourth-order valence-electron chi connectivity index (χ4n) is 2.13. The summed E-state index contributed by atoms with van der Waals surface area (Å²) in [5.74, 6) is 0. The number of carbonyl (C=O) groups excluding carboxylic acids is 1. The number of carbonyl (C=O) groups is 1. The summed E-state index contributed by atoms with van der Waals surface area (Å²) in [6, 6.07) is 8.74. The zero-order valence-corrected chi connectivity index (χ0v) is 12.8. The molecule has 0 unspecified atom stereocenters. The van der Waals surface area contributed by atoms with Crippen molar-refractivity contribution in [3.8, 4) is 22.5 Å². The highest BCUT2D eigenvalue weighted by Gasteiger charge is 2.19. The molecule has 3 aromatic rings. The topological polar surface area (TPSA) is 73.0 Å². The third-order valence-corrected chi connectivity index (χ3v) is 3.53. The van der Waals surface area contributed by atoms with Crippen LogP contribution in [-0.4, -0.2) is 28.0 Å². The zero-order chi connectivity index (χ0) is 15.7. The molecule has 2 heterocycles. The van der Waals surface area contributed by atoms with Gasteiger partial charge in [-0.3, -0.25) is 0 Å². The molecule has 3 rings (SSSR count). The van der Waals surface area contributed by atoms with Gasteiger partial charge in [0.25, 0.3) is 0 Å². The van der Waals surface area contributed by atoms with Gasteiger partial charge in [0, 0.05) is 17.6 Å². The van der Waals surface area contributed by atoms with Gasteiger partial charge in [-0.05, 0) is 25.1 Å². The van der Waals surface area contributed by atoms with Crippen LogP contribution < -0.4 is 5.32 Å². The van der Waals surface area contributed by atoms with E-state index in [0.29, 0.717) is 22.1 Å². The van der Waals surface area contributed by atoms with E-state index >= 15 is 0 Å². The lowest BCUT2D eigenvalue weighted by atomic mass is 10.1. The first-order chi connectivity index (χ1) is 10.6. The first-order valence-electron chi connectivity index (χ1n) is 6.59. The Labute approximate surface area is 131 Å². The maximum absolute atomic E-state index is 12.1. The Hall–Kier alpha value is -2.60. The first-order valence-corrected chi connectivity index (χ1v) is 6.97. The molecular formula is C15H13ClN4O2. The van der Waals surface area contributed by atoms with E-state index in [0.717, 1.165) is 11.1 Å². The molecule has 0 spiro atoms. The van der Waals surface area contributed by atoms with E-state index in [2.05, 4.69) is 15.6 Å². The first kappa shape index (κ1) is 14.3. The van der Waals surface area contributed by atoms with Gasteiger partial charge in [-0.1, -0.05) is 28.9 Å². The molecule has 0 aliphatic rings. The number of halogens is 1. The van der Waals surface area contributed by atoms with Gasteiger partial charge in [0.2, 0.25) is 0 Å². The van der Waals surface area contributed by atoms with Crippen molar-refractivity contribution in [3.05, 3.63) is 47.3 Å². The van der Waals surface area contributed by atoms with Crippen molar-refractivity contribution < 1.29 is 9.32 Å². The Balaban J connectivity index is 2.15. The normalized spacial score (nSPS) is 10.7. The Kier molecular flexibility index (Phi) is 3.68. The lowest BCUT2D eigenvalue weighted by Gasteiger charge is -2.03. The lowest BCUT2D eigenvalue weighted by Crippen LogP contribution is -2.26. The van der Waals surface area contributed by atoms with Gasteiger partial charge in [-0.2, -0.15) is 9.78 Å². The SMILES string of the molecule is CNC(=O)n1nc(-c2ccc(Cl)cc2)cc1-c1conc1C. The third-order valence-electron chi connectivity index (χ3n) is 3.28. The molecule has 1 amide bonds. The highest BCUT2D eigenvalue weighted by Crippen LogP contribution is 2.28. The summed E-state index contributed by atoms with van der Waals surface area (Å²) in [5.41, 5.74) is 3.55. The quantitative estimate of drug-likeness (QED) is 0.787. The molecule has 112 valence electrons. The number of rotatable bonds is 2. The molecule has 0 saturated heterocycles. The second-order valence-electron chi connectivity index (χ2n) is 4.70. The van der Waals surface area contributed by atoms with Crippen LogP contribution in [0.1, 0.15) is 5.69 Å². The summed E-state index contributed by atoms with van der Waals surface area (Å²) >= 11 is 5.90. The van der Waals surface area contributed by atoms with E-state index in [1.54, 1.807) is 19.2 Å². The minimum atomic E-state index is -0.337. The summed E-state index contributed by atoms with van der Waals surface area (Å²) in [5, 5.41) is 11.4. The monoisotopic (exact) mass is 316 g/mol. The van der Waals surface area contributed by atoms with Gasteiger partial charge in [0.15, 0.2) is 0 Å². The number of aromatic nitrogens is 3. The molecule has 0 fully saturated rings. The van der Waals surface area contributed by atoms with Crippen LogP contribution in [0.25, 0.3) is 22.5 Å². The van der Waals surface area contributed by atoms with Gasteiger partial charge in [0.05, 0.1) is 22.6 Å². The maximum atomic E-state index is 12.1. The van der Waals surface area contributed by atoms with E-state index in [9.17, 15) is 4.79 Å². The number of amides is 1. The fraction of sp³-hybridized carbons (Fsp3) is 0.133. The van der Waals surface area contributed by atoms with E-state index in [4.69, 9.17) is 16.1 Å². The number of benzene rings is 1. The van der Waals surface area contributed by atoms with Crippen LogP contribution in [0.4, 0.5) is 4.79 Å². The fourth-order valence-corrected chi connectivity index (χ4v) is 2.26. The molecule has 0 radical (unpaired) electrons. The Morgan fingerprint density at radius 2 is 2.05 bits per heavy atom. The molecule has 0 bridgehead atoms. The van der Waals surface area contributed by atoms with Gasteiger partial charge >= 0.3 is 6.03 Å². The molecule has 0 atom stereocenters. The van der Waals surface area contributed by atoms with Crippen LogP contribution in [0, 0.1) is 6.92 Å². The van der Waals surface area contributed by atoms with Gasteiger partial charge in [0.1, 0.15) is 6.26 Å². The summed E-state index contributed by atoms with van der Waals surface area (Å²) in [6.45, 7) is 1.81. The third kappa shape index (κ3) is 2.48. The van der Waals surface area contributed by atoms with E-state index < -0.39 is 0 Å². The zero-order valence-electron chi connectivity index (χ0n) is 12.0. The van der Waals surface area contributed by atoms with Gasteiger partial charge in [-0.15, -0.1) is 0 Å². The van der Waals surface area contributed by atoms with Crippen LogP contribution in [0.15, 0.2) is 41.1 Å². The van der Waals surface area contributed by atoms with Gasteiger partial charge < -0.3 is 9.84 Å². The highest BCUT2D eigenvalue weighted by atomic mass is 35.5. The Bertz CT molecular complexity index is 820. The lowest BCUT2D eigenvalue weighted by molar-refractivity contribution is 0.242. The van der Waals surface area contributed by atoms with Crippen molar-refractivity contribution in [1.82, 2.24) is 20.3 Å². The number of hydrogen-bond acceptors (Lipinski definition) is 4. The molecule has 0 saturated carbocycles. The van der Waals surface area contributed by atoms with Crippen molar-refractivity contribution in [1.29, 1.82) is 0 Å². The molecule has 0 aliphatic carbocycles. The molecule has 7 heteroatoms. The van der Waals surface area contributed by atoms with Crippen molar-refractivity contribution in [2.75, 3.05) is 7.05 Å². The summed E-state index contributed by atoms with van der Waals surface area (Å²) in [4.78, 5) is 12.1. The van der Waals surface area contributed by atoms with Crippen LogP contribution in [-0.2, 0) is 0 Å². The average molecular weight is 317 g/mol. The van der Waals surface area contributed by atoms with Crippen molar-refractivity contribution in [3.63, 3.8) is 0 Å². The minimum Gasteiger partial charge on any atom is -0.364 e. The van der Waals surface area contributed by atoms with Gasteiger partial charge in [-0.25, -0.2) is 4.79 Å². The molecular weight excluding hydrogens is 304 g/mol. The Morgan fingerprint density at radius 1 is 1.32 bits per heavy atom. The largest absolute Gasteiger partial charge is 0.364 e.